The molecule has 1 aliphatic heterocycles. The number of nitrogens with one attached hydrogen (secondary N) is 1. The van der Waals surface area contributed by atoms with Gasteiger partial charge in [0.05, 0.1) is 7.11 Å². The van der Waals surface area contributed by atoms with Gasteiger partial charge < -0.3 is 15.0 Å². The molecule has 2 atom stereocenters. The van der Waals surface area contributed by atoms with Gasteiger partial charge in [0.25, 0.3) is 5.91 Å². The van der Waals surface area contributed by atoms with E-state index >= 15 is 0 Å². The van der Waals surface area contributed by atoms with Crippen molar-refractivity contribution in [3.8, 4) is 5.75 Å². The lowest BCUT2D eigenvalue weighted by atomic mass is 10.1. The Morgan fingerprint density at radius 3 is 2.75 bits per heavy atom. The predicted molar refractivity (Wildman–Crippen MR) is 82.9 cm³/mol. The molecule has 2 rings (SSSR count). The van der Waals surface area contributed by atoms with Crippen molar-refractivity contribution in [2.24, 2.45) is 0 Å². The van der Waals surface area contributed by atoms with E-state index < -0.39 is 0 Å². The van der Waals surface area contributed by atoms with E-state index in [1.54, 1.807) is 7.11 Å². The number of halogens is 1. The Balaban J connectivity index is 0.00000200. The van der Waals surface area contributed by atoms with Crippen LogP contribution in [0.1, 0.15) is 29.8 Å². The van der Waals surface area contributed by atoms with Crippen molar-refractivity contribution in [1.82, 2.24) is 10.2 Å². The Morgan fingerprint density at radius 2 is 2.10 bits per heavy atom. The largest absolute Gasteiger partial charge is 0.496 e. The Hall–Kier alpha value is -1.26. The zero-order chi connectivity index (χ0) is 14.0. The van der Waals surface area contributed by atoms with Gasteiger partial charge in [-0.2, -0.15) is 0 Å². The molecule has 1 aliphatic rings. The molecule has 4 nitrogen and oxygen atoms in total. The lowest BCUT2D eigenvalue weighted by Gasteiger charge is -2.37. The first-order valence-electron chi connectivity index (χ1n) is 6.72. The van der Waals surface area contributed by atoms with Crippen LogP contribution in [0.2, 0.25) is 0 Å². The molecule has 0 radical (unpaired) electrons. The van der Waals surface area contributed by atoms with Gasteiger partial charge in [0, 0.05) is 30.7 Å². The van der Waals surface area contributed by atoms with Crippen LogP contribution in [-0.4, -0.2) is 43.1 Å². The maximum Gasteiger partial charge on any atom is 0.254 e. The van der Waals surface area contributed by atoms with Crippen LogP contribution in [0.25, 0.3) is 0 Å². The van der Waals surface area contributed by atoms with Crippen molar-refractivity contribution in [2.45, 2.75) is 32.9 Å². The monoisotopic (exact) mass is 298 g/mol. The molecular weight excluding hydrogens is 276 g/mol. The van der Waals surface area contributed by atoms with Gasteiger partial charge in [0.1, 0.15) is 5.75 Å². The summed E-state index contributed by atoms with van der Waals surface area (Å²) in [5.74, 6) is 0.848. The third kappa shape index (κ3) is 3.44. The van der Waals surface area contributed by atoms with Crippen LogP contribution in [-0.2, 0) is 0 Å². The summed E-state index contributed by atoms with van der Waals surface area (Å²) in [6.45, 7) is 7.73. The average molecular weight is 299 g/mol. The molecular formula is C15H23ClN2O2. The number of ether oxygens (including phenoxy) is 1. The van der Waals surface area contributed by atoms with Gasteiger partial charge in [-0.05, 0) is 38.5 Å². The van der Waals surface area contributed by atoms with Gasteiger partial charge >= 0.3 is 0 Å². The highest BCUT2D eigenvalue weighted by atomic mass is 35.5. The second-order valence-electron chi connectivity index (χ2n) is 5.30. The van der Waals surface area contributed by atoms with Crippen LogP contribution < -0.4 is 10.1 Å². The number of benzene rings is 1. The van der Waals surface area contributed by atoms with Gasteiger partial charge in [0.2, 0.25) is 0 Å². The molecule has 1 aromatic carbocycles. The first kappa shape index (κ1) is 16.8. The van der Waals surface area contributed by atoms with Gasteiger partial charge in [0.15, 0.2) is 0 Å². The number of amides is 1. The summed E-state index contributed by atoms with van der Waals surface area (Å²) in [5, 5.41) is 3.38. The molecule has 1 N–H and O–H groups in total. The summed E-state index contributed by atoms with van der Waals surface area (Å²) in [6, 6.07) is 6.20. The number of piperazine rings is 1. The van der Waals surface area contributed by atoms with E-state index in [4.69, 9.17) is 4.74 Å². The van der Waals surface area contributed by atoms with E-state index in [2.05, 4.69) is 19.2 Å². The molecule has 0 aromatic heterocycles. The number of aryl methyl sites for hydroxylation is 1. The molecule has 20 heavy (non-hydrogen) atoms. The van der Waals surface area contributed by atoms with Crippen LogP contribution in [0.3, 0.4) is 0 Å². The molecule has 0 spiro atoms. The zero-order valence-electron chi connectivity index (χ0n) is 12.5. The summed E-state index contributed by atoms with van der Waals surface area (Å²) in [4.78, 5) is 14.5. The van der Waals surface area contributed by atoms with Gasteiger partial charge in [-0.25, -0.2) is 0 Å². The third-order valence-electron chi connectivity index (χ3n) is 3.68. The van der Waals surface area contributed by atoms with Crippen LogP contribution >= 0.6 is 12.4 Å². The van der Waals surface area contributed by atoms with Crippen molar-refractivity contribution < 1.29 is 9.53 Å². The molecule has 2 unspecified atom stereocenters. The van der Waals surface area contributed by atoms with Crippen LogP contribution in [0.5, 0.6) is 5.75 Å². The molecule has 112 valence electrons. The van der Waals surface area contributed by atoms with E-state index in [0.29, 0.717) is 11.6 Å². The smallest absolute Gasteiger partial charge is 0.254 e. The highest BCUT2D eigenvalue weighted by Gasteiger charge is 2.27. The maximum absolute atomic E-state index is 12.6. The number of carbonyl (C=O) groups excluding carboxylic acids is 1. The zero-order valence-corrected chi connectivity index (χ0v) is 13.3. The van der Waals surface area contributed by atoms with E-state index in [9.17, 15) is 4.79 Å². The van der Waals surface area contributed by atoms with Crippen molar-refractivity contribution in [2.75, 3.05) is 20.2 Å². The molecule has 0 saturated carbocycles. The fraction of sp³-hybridized carbons (Fsp3) is 0.533. The van der Waals surface area contributed by atoms with E-state index in [0.717, 1.165) is 24.4 Å². The second kappa shape index (κ2) is 6.95. The molecule has 1 aromatic rings. The molecule has 1 heterocycles. The number of nitrogens with zero attached hydrogens (tertiary/aromatic N) is 1. The van der Waals surface area contributed by atoms with Crippen molar-refractivity contribution in [1.29, 1.82) is 0 Å². The Kier molecular flexibility index (Phi) is 5.84. The number of hydrogen-bond acceptors (Lipinski definition) is 3. The molecule has 5 heteroatoms. The summed E-state index contributed by atoms with van der Waals surface area (Å²) >= 11 is 0. The topological polar surface area (TPSA) is 41.6 Å². The van der Waals surface area contributed by atoms with Gasteiger partial charge in [-0.1, -0.05) is 6.07 Å². The van der Waals surface area contributed by atoms with Crippen LogP contribution in [0.4, 0.5) is 0 Å². The first-order chi connectivity index (χ1) is 9.02. The van der Waals surface area contributed by atoms with E-state index in [-0.39, 0.29) is 24.4 Å². The number of hydrogen-bond donors (Lipinski definition) is 1. The van der Waals surface area contributed by atoms with Crippen LogP contribution in [0.15, 0.2) is 18.2 Å². The molecule has 0 aliphatic carbocycles. The highest BCUT2D eigenvalue weighted by molar-refractivity contribution is 5.95. The Bertz CT molecular complexity index is 479. The molecule has 1 amide bonds. The molecule has 1 fully saturated rings. The number of rotatable bonds is 2. The van der Waals surface area contributed by atoms with E-state index in [1.165, 1.54) is 0 Å². The minimum Gasteiger partial charge on any atom is -0.496 e. The van der Waals surface area contributed by atoms with Crippen molar-refractivity contribution >= 4 is 18.3 Å². The summed E-state index contributed by atoms with van der Waals surface area (Å²) in [7, 11) is 1.63. The standard InChI is InChI=1S/C15H22N2O2.ClH/c1-10-5-6-13(7-14(10)19-4)15(18)17-9-11(2)16-8-12(17)3;/h5-7,11-12,16H,8-9H2,1-4H3;1H. The van der Waals surface area contributed by atoms with Crippen molar-refractivity contribution in [3.63, 3.8) is 0 Å². The van der Waals surface area contributed by atoms with Gasteiger partial charge in [-0.15, -0.1) is 12.4 Å². The van der Waals surface area contributed by atoms with Crippen molar-refractivity contribution in [3.05, 3.63) is 29.3 Å². The fourth-order valence-corrected chi connectivity index (χ4v) is 2.42. The number of methoxy groups -OCH3 is 1. The van der Waals surface area contributed by atoms with E-state index in [1.807, 2.05) is 30.0 Å². The second-order valence-corrected chi connectivity index (χ2v) is 5.30. The minimum atomic E-state index is 0. The number of carbonyl (C=O) groups is 1. The lowest BCUT2D eigenvalue weighted by molar-refractivity contribution is 0.0616. The normalized spacial score (nSPS) is 22.1. The minimum absolute atomic E-state index is 0. The third-order valence-corrected chi connectivity index (χ3v) is 3.68. The first-order valence-corrected chi connectivity index (χ1v) is 6.72. The Labute approximate surface area is 126 Å². The predicted octanol–water partition coefficient (Wildman–Crippen LogP) is 2.25. The quantitative estimate of drug-likeness (QED) is 0.910. The average Bonchev–Trinajstić information content (AvgIpc) is 2.41. The summed E-state index contributed by atoms with van der Waals surface area (Å²) in [5.41, 5.74) is 1.74. The highest BCUT2D eigenvalue weighted by Crippen LogP contribution is 2.21. The lowest BCUT2D eigenvalue weighted by Crippen LogP contribution is -2.56. The molecule has 1 saturated heterocycles. The maximum atomic E-state index is 12.6. The summed E-state index contributed by atoms with van der Waals surface area (Å²) in [6.07, 6.45) is 0. The SMILES string of the molecule is COc1cc(C(=O)N2CC(C)NCC2C)ccc1C.Cl. The van der Waals surface area contributed by atoms with Crippen LogP contribution in [0, 0.1) is 6.92 Å². The summed E-state index contributed by atoms with van der Waals surface area (Å²) < 4.78 is 5.29. The molecule has 0 bridgehead atoms. The fourth-order valence-electron chi connectivity index (χ4n) is 2.42. The Morgan fingerprint density at radius 1 is 1.40 bits per heavy atom. The van der Waals surface area contributed by atoms with Gasteiger partial charge in [-0.3, -0.25) is 4.79 Å².